The number of aliphatic carboxylic acids is 1. The molecule has 0 spiro atoms. The van der Waals surface area contributed by atoms with Crippen LogP contribution in [0.25, 0.3) is 0 Å². The molecule has 0 aliphatic carbocycles. The number of benzene rings is 1. The minimum absolute atomic E-state index is 0.126. The van der Waals surface area contributed by atoms with Gasteiger partial charge in [-0.15, -0.1) is 0 Å². The molecule has 15 heavy (non-hydrogen) atoms. The fourth-order valence-corrected chi connectivity index (χ4v) is 1.31. The molecule has 1 rings (SSSR count). The van der Waals surface area contributed by atoms with Gasteiger partial charge < -0.3 is 10.4 Å². The van der Waals surface area contributed by atoms with Crippen molar-refractivity contribution in [2.24, 2.45) is 0 Å². The molecule has 0 bridgehead atoms. The number of carboxylic acid groups (broad SMARTS) is 1. The highest BCUT2D eigenvalue weighted by Crippen LogP contribution is 2.13. The van der Waals surface area contributed by atoms with Gasteiger partial charge in [0.05, 0.1) is 0 Å². The van der Waals surface area contributed by atoms with Gasteiger partial charge in [0, 0.05) is 18.7 Å². The second-order valence-corrected chi connectivity index (χ2v) is 3.44. The first kappa shape index (κ1) is 11.5. The number of hydrogen-bond acceptors (Lipinski definition) is 2. The summed E-state index contributed by atoms with van der Waals surface area (Å²) in [5.74, 6) is -1.09. The Morgan fingerprint density at radius 3 is 2.80 bits per heavy atom. The molecule has 0 atom stereocenters. The first-order valence-electron chi connectivity index (χ1n) is 4.81. The van der Waals surface area contributed by atoms with Gasteiger partial charge in [0.2, 0.25) is 0 Å². The van der Waals surface area contributed by atoms with Crippen molar-refractivity contribution in [3.8, 4) is 0 Å². The van der Waals surface area contributed by atoms with Crippen molar-refractivity contribution in [1.82, 2.24) is 0 Å². The maximum atomic E-state index is 12.9. The van der Waals surface area contributed by atoms with Crippen LogP contribution >= 0.6 is 0 Å². The Bertz CT molecular complexity index is 332. The summed E-state index contributed by atoms with van der Waals surface area (Å²) in [6.07, 6.45) is 0.659. The summed E-state index contributed by atoms with van der Waals surface area (Å²) in [5, 5.41) is 11.4. The quantitative estimate of drug-likeness (QED) is 0.735. The van der Waals surface area contributed by atoms with E-state index in [0.29, 0.717) is 18.7 Å². The van der Waals surface area contributed by atoms with Crippen molar-refractivity contribution in [2.75, 3.05) is 11.9 Å². The smallest absolute Gasteiger partial charge is 0.303 e. The topological polar surface area (TPSA) is 49.3 Å². The average Bonchev–Trinajstić information content (AvgIpc) is 2.10. The predicted octanol–water partition coefficient (Wildman–Crippen LogP) is 2.41. The standard InChI is InChI=1S/C11H14FNO2/c1-8-5-9(12)7-10(6-8)13-4-2-3-11(14)15/h5-7,13H,2-4H2,1H3,(H,14,15). The summed E-state index contributed by atoms with van der Waals surface area (Å²) in [7, 11) is 0. The van der Waals surface area contributed by atoms with E-state index in [9.17, 15) is 9.18 Å². The van der Waals surface area contributed by atoms with E-state index in [2.05, 4.69) is 5.32 Å². The van der Waals surface area contributed by atoms with Gasteiger partial charge in [0.1, 0.15) is 5.82 Å². The summed E-state index contributed by atoms with van der Waals surface area (Å²) >= 11 is 0. The van der Waals surface area contributed by atoms with Crippen LogP contribution < -0.4 is 5.32 Å². The molecule has 2 N–H and O–H groups in total. The van der Waals surface area contributed by atoms with Gasteiger partial charge in [0.15, 0.2) is 0 Å². The van der Waals surface area contributed by atoms with E-state index in [1.807, 2.05) is 13.0 Å². The molecular formula is C11H14FNO2. The molecule has 0 fully saturated rings. The Morgan fingerprint density at radius 2 is 2.20 bits per heavy atom. The molecule has 0 heterocycles. The maximum absolute atomic E-state index is 12.9. The molecule has 0 unspecified atom stereocenters. The van der Waals surface area contributed by atoms with Crippen LogP contribution in [0.2, 0.25) is 0 Å². The van der Waals surface area contributed by atoms with Gasteiger partial charge in [-0.2, -0.15) is 0 Å². The summed E-state index contributed by atoms with van der Waals surface area (Å²) < 4.78 is 12.9. The third-order valence-corrected chi connectivity index (χ3v) is 1.94. The minimum Gasteiger partial charge on any atom is -0.481 e. The van der Waals surface area contributed by atoms with Crippen LogP contribution in [0, 0.1) is 12.7 Å². The molecule has 3 nitrogen and oxygen atoms in total. The molecule has 1 aromatic carbocycles. The van der Waals surface area contributed by atoms with Crippen LogP contribution in [0.1, 0.15) is 18.4 Å². The van der Waals surface area contributed by atoms with Crippen LogP contribution in [0.4, 0.5) is 10.1 Å². The van der Waals surface area contributed by atoms with Crippen LogP contribution in [-0.4, -0.2) is 17.6 Å². The molecule has 82 valence electrons. The SMILES string of the molecule is Cc1cc(F)cc(NCCCC(=O)O)c1. The van der Waals surface area contributed by atoms with E-state index in [4.69, 9.17) is 5.11 Å². The number of hydrogen-bond donors (Lipinski definition) is 2. The Hall–Kier alpha value is -1.58. The normalized spacial score (nSPS) is 10.0. The third-order valence-electron chi connectivity index (χ3n) is 1.94. The molecule has 0 saturated carbocycles. The van der Waals surface area contributed by atoms with E-state index < -0.39 is 5.97 Å². The van der Waals surface area contributed by atoms with Gasteiger partial charge in [-0.1, -0.05) is 0 Å². The zero-order chi connectivity index (χ0) is 11.3. The van der Waals surface area contributed by atoms with Crippen LogP contribution in [0.15, 0.2) is 18.2 Å². The molecule has 0 radical (unpaired) electrons. The third kappa shape index (κ3) is 4.44. The lowest BCUT2D eigenvalue weighted by atomic mass is 10.2. The molecule has 0 amide bonds. The summed E-state index contributed by atoms with van der Waals surface area (Å²) in [6, 6.07) is 4.67. The first-order chi connectivity index (χ1) is 7.08. The molecule has 0 aliphatic heterocycles. The predicted molar refractivity (Wildman–Crippen MR) is 56.5 cm³/mol. The van der Waals surface area contributed by atoms with Gasteiger partial charge in [-0.25, -0.2) is 4.39 Å². The summed E-state index contributed by atoms with van der Waals surface area (Å²) in [5.41, 5.74) is 1.54. The largest absolute Gasteiger partial charge is 0.481 e. The first-order valence-corrected chi connectivity index (χ1v) is 4.81. The highest BCUT2D eigenvalue weighted by atomic mass is 19.1. The van der Waals surface area contributed by atoms with E-state index in [0.717, 1.165) is 5.56 Å². The van der Waals surface area contributed by atoms with E-state index in [-0.39, 0.29) is 12.2 Å². The lowest BCUT2D eigenvalue weighted by Gasteiger charge is -2.06. The Balaban J connectivity index is 2.40. The van der Waals surface area contributed by atoms with Gasteiger partial charge in [0.25, 0.3) is 0 Å². The second kappa shape index (κ2) is 5.34. The number of halogens is 1. The maximum Gasteiger partial charge on any atom is 0.303 e. The van der Waals surface area contributed by atoms with E-state index >= 15 is 0 Å². The van der Waals surface area contributed by atoms with Crippen molar-refractivity contribution >= 4 is 11.7 Å². The number of carboxylic acids is 1. The second-order valence-electron chi connectivity index (χ2n) is 3.44. The van der Waals surface area contributed by atoms with Crippen LogP contribution in [0.5, 0.6) is 0 Å². The lowest BCUT2D eigenvalue weighted by Crippen LogP contribution is -2.05. The highest BCUT2D eigenvalue weighted by molar-refractivity contribution is 5.66. The minimum atomic E-state index is -0.813. The fourth-order valence-electron chi connectivity index (χ4n) is 1.31. The van der Waals surface area contributed by atoms with E-state index in [1.54, 1.807) is 0 Å². The van der Waals surface area contributed by atoms with Crippen molar-refractivity contribution in [3.63, 3.8) is 0 Å². The van der Waals surface area contributed by atoms with Gasteiger partial charge in [-0.3, -0.25) is 4.79 Å². The van der Waals surface area contributed by atoms with Crippen molar-refractivity contribution in [3.05, 3.63) is 29.6 Å². The lowest BCUT2D eigenvalue weighted by molar-refractivity contribution is -0.137. The summed E-state index contributed by atoms with van der Waals surface area (Å²) in [6.45, 7) is 2.35. The Labute approximate surface area is 87.9 Å². The Kier molecular flexibility index (Phi) is 4.09. The monoisotopic (exact) mass is 211 g/mol. The number of carbonyl (C=O) groups is 1. The highest BCUT2D eigenvalue weighted by Gasteiger charge is 1.99. The molecule has 1 aromatic rings. The molecule has 0 aliphatic rings. The fraction of sp³-hybridized carbons (Fsp3) is 0.364. The van der Waals surface area contributed by atoms with Gasteiger partial charge in [-0.05, 0) is 37.1 Å². The van der Waals surface area contributed by atoms with Crippen LogP contribution in [-0.2, 0) is 4.79 Å². The number of nitrogens with one attached hydrogen (secondary N) is 1. The number of anilines is 1. The van der Waals surface area contributed by atoms with E-state index in [1.165, 1.54) is 12.1 Å². The molecule has 0 saturated heterocycles. The average molecular weight is 211 g/mol. The molecular weight excluding hydrogens is 197 g/mol. The van der Waals surface area contributed by atoms with Crippen molar-refractivity contribution in [2.45, 2.75) is 19.8 Å². The number of rotatable bonds is 5. The van der Waals surface area contributed by atoms with Gasteiger partial charge >= 0.3 is 5.97 Å². The zero-order valence-corrected chi connectivity index (χ0v) is 8.59. The number of aryl methyl sites for hydroxylation is 1. The molecule has 0 aromatic heterocycles. The van der Waals surface area contributed by atoms with Crippen molar-refractivity contribution in [1.29, 1.82) is 0 Å². The van der Waals surface area contributed by atoms with Crippen molar-refractivity contribution < 1.29 is 14.3 Å². The Morgan fingerprint density at radius 1 is 1.47 bits per heavy atom. The summed E-state index contributed by atoms with van der Waals surface area (Å²) in [4.78, 5) is 10.2. The zero-order valence-electron chi connectivity index (χ0n) is 8.59. The van der Waals surface area contributed by atoms with Crippen LogP contribution in [0.3, 0.4) is 0 Å². The molecule has 4 heteroatoms.